The average molecular weight is 277 g/mol. The Morgan fingerprint density at radius 1 is 1.47 bits per heavy atom. The third-order valence-corrected chi connectivity index (χ3v) is 4.44. The van der Waals surface area contributed by atoms with Crippen LogP contribution >= 0.6 is 11.3 Å². The van der Waals surface area contributed by atoms with Crippen LogP contribution in [0.2, 0.25) is 0 Å². The highest BCUT2D eigenvalue weighted by Gasteiger charge is 2.21. The highest BCUT2D eigenvalue weighted by Crippen LogP contribution is 2.33. The van der Waals surface area contributed by atoms with Crippen LogP contribution in [0.3, 0.4) is 0 Å². The summed E-state index contributed by atoms with van der Waals surface area (Å²) in [6, 6.07) is 5.75. The lowest BCUT2D eigenvalue weighted by Crippen LogP contribution is -2.23. The molecule has 4 nitrogen and oxygen atoms in total. The molecule has 0 aliphatic heterocycles. The summed E-state index contributed by atoms with van der Waals surface area (Å²) in [5, 5.41) is 14.4. The van der Waals surface area contributed by atoms with Gasteiger partial charge in [0.25, 0.3) is 0 Å². The smallest absolute Gasteiger partial charge is 0.371 e. The zero-order valence-electron chi connectivity index (χ0n) is 10.4. The molecule has 2 N–H and O–H groups in total. The molecule has 0 saturated heterocycles. The number of aryl methyl sites for hydroxylation is 1. The monoisotopic (exact) mass is 277 g/mol. The Kier molecular flexibility index (Phi) is 3.40. The Morgan fingerprint density at radius 2 is 2.37 bits per heavy atom. The van der Waals surface area contributed by atoms with Gasteiger partial charge in [0.1, 0.15) is 5.76 Å². The Balaban J connectivity index is 1.65. The zero-order chi connectivity index (χ0) is 13.2. The molecule has 5 heteroatoms. The Hall–Kier alpha value is -1.59. The molecule has 0 spiro atoms. The van der Waals surface area contributed by atoms with E-state index in [2.05, 4.69) is 16.8 Å². The van der Waals surface area contributed by atoms with Gasteiger partial charge in [0.15, 0.2) is 0 Å². The maximum Gasteiger partial charge on any atom is 0.371 e. The summed E-state index contributed by atoms with van der Waals surface area (Å²) in [5.41, 5.74) is 1.39. The van der Waals surface area contributed by atoms with E-state index < -0.39 is 5.97 Å². The molecule has 0 radical (unpaired) electrons. The number of furan rings is 1. The molecule has 3 rings (SSSR count). The van der Waals surface area contributed by atoms with E-state index >= 15 is 0 Å². The van der Waals surface area contributed by atoms with Gasteiger partial charge in [-0.25, -0.2) is 4.79 Å². The normalized spacial score (nSPS) is 18.2. The Morgan fingerprint density at radius 3 is 3.16 bits per heavy atom. The standard InChI is InChI=1S/C14H15NO3S/c16-14(17)12-5-4-9(18-12)8-15-11-2-1-3-13-10(11)6-7-19-13/h4-7,11,15H,1-3,8H2,(H,16,17). The number of carbonyl (C=O) groups is 1. The molecule has 0 amide bonds. The molecular formula is C14H15NO3S. The van der Waals surface area contributed by atoms with Gasteiger partial charge in [0.2, 0.25) is 5.76 Å². The first-order chi connectivity index (χ1) is 9.24. The summed E-state index contributed by atoms with van der Waals surface area (Å²) in [6.45, 7) is 0.563. The topological polar surface area (TPSA) is 62.5 Å². The van der Waals surface area contributed by atoms with E-state index in [1.807, 2.05) is 11.3 Å². The van der Waals surface area contributed by atoms with E-state index in [9.17, 15) is 4.79 Å². The number of nitrogens with one attached hydrogen (secondary N) is 1. The summed E-state index contributed by atoms with van der Waals surface area (Å²) in [5.74, 6) is -0.361. The second-order valence-electron chi connectivity index (χ2n) is 4.70. The van der Waals surface area contributed by atoms with E-state index in [-0.39, 0.29) is 5.76 Å². The molecule has 2 heterocycles. The molecule has 100 valence electrons. The fourth-order valence-corrected chi connectivity index (χ4v) is 3.50. The number of aromatic carboxylic acids is 1. The van der Waals surface area contributed by atoms with E-state index in [4.69, 9.17) is 9.52 Å². The van der Waals surface area contributed by atoms with Crippen LogP contribution in [-0.4, -0.2) is 11.1 Å². The molecule has 19 heavy (non-hydrogen) atoms. The van der Waals surface area contributed by atoms with Gasteiger partial charge in [-0.15, -0.1) is 11.3 Å². The second kappa shape index (κ2) is 5.19. The van der Waals surface area contributed by atoms with Gasteiger partial charge in [0, 0.05) is 10.9 Å². The minimum atomic E-state index is -1.02. The minimum Gasteiger partial charge on any atom is -0.475 e. The van der Waals surface area contributed by atoms with Gasteiger partial charge >= 0.3 is 5.97 Å². The molecule has 1 unspecified atom stereocenters. The van der Waals surface area contributed by atoms with E-state index in [0.29, 0.717) is 18.3 Å². The molecule has 2 aromatic heterocycles. The molecule has 0 bridgehead atoms. The van der Waals surface area contributed by atoms with Crippen molar-refractivity contribution >= 4 is 17.3 Å². The average Bonchev–Trinajstić information content (AvgIpc) is 3.05. The number of hydrogen-bond donors (Lipinski definition) is 2. The maximum atomic E-state index is 10.7. The fourth-order valence-electron chi connectivity index (χ4n) is 2.51. The van der Waals surface area contributed by atoms with Crippen molar-refractivity contribution < 1.29 is 14.3 Å². The third-order valence-electron chi connectivity index (χ3n) is 3.45. The van der Waals surface area contributed by atoms with Crippen LogP contribution < -0.4 is 5.32 Å². The molecule has 0 fully saturated rings. The number of carboxylic acids is 1. The maximum absolute atomic E-state index is 10.7. The zero-order valence-corrected chi connectivity index (χ0v) is 11.2. The van der Waals surface area contributed by atoms with Crippen LogP contribution in [-0.2, 0) is 13.0 Å². The number of fused-ring (bicyclic) bond motifs is 1. The van der Waals surface area contributed by atoms with Crippen molar-refractivity contribution in [3.8, 4) is 0 Å². The van der Waals surface area contributed by atoms with E-state index in [0.717, 1.165) is 6.42 Å². The van der Waals surface area contributed by atoms with Crippen molar-refractivity contribution in [2.45, 2.75) is 31.8 Å². The summed E-state index contributed by atoms with van der Waals surface area (Å²) in [4.78, 5) is 12.2. The van der Waals surface area contributed by atoms with Gasteiger partial charge < -0.3 is 14.8 Å². The predicted molar refractivity (Wildman–Crippen MR) is 72.5 cm³/mol. The Labute approximate surface area is 115 Å². The Bertz CT molecular complexity index is 587. The lowest BCUT2D eigenvalue weighted by Gasteiger charge is -2.23. The minimum absolute atomic E-state index is 0.00309. The number of carboxylic acid groups (broad SMARTS) is 1. The summed E-state index contributed by atoms with van der Waals surface area (Å²) < 4.78 is 5.25. The van der Waals surface area contributed by atoms with E-state index in [1.165, 1.54) is 29.3 Å². The fraction of sp³-hybridized carbons (Fsp3) is 0.357. The van der Waals surface area contributed by atoms with Crippen molar-refractivity contribution in [1.29, 1.82) is 0 Å². The van der Waals surface area contributed by atoms with Crippen molar-refractivity contribution in [3.05, 3.63) is 45.5 Å². The molecule has 1 aliphatic carbocycles. The van der Waals surface area contributed by atoms with Crippen molar-refractivity contribution in [1.82, 2.24) is 5.32 Å². The largest absolute Gasteiger partial charge is 0.475 e. The van der Waals surface area contributed by atoms with Gasteiger partial charge in [-0.2, -0.15) is 0 Å². The summed E-state index contributed by atoms with van der Waals surface area (Å²) in [7, 11) is 0. The van der Waals surface area contributed by atoms with Crippen molar-refractivity contribution in [2.75, 3.05) is 0 Å². The van der Waals surface area contributed by atoms with Crippen molar-refractivity contribution in [2.24, 2.45) is 0 Å². The lowest BCUT2D eigenvalue weighted by molar-refractivity contribution is 0.0660. The SMILES string of the molecule is O=C(O)c1ccc(CNC2CCCc3sccc32)o1. The van der Waals surface area contributed by atoms with Crippen LogP contribution in [0.25, 0.3) is 0 Å². The molecule has 0 saturated carbocycles. The first-order valence-electron chi connectivity index (χ1n) is 6.35. The van der Waals surface area contributed by atoms with Crippen LogP contribution in [0, 0.1) is 0 Å². The molecule has 1 aliphatic rings. The van der Waals surface area contributed by atoms with Crippen LogP contribution in [0.5, 0.6) is 0 Å². The van der Waals surface area contributed by atoms with Crippen molar-refractivity contribution in [3.63, 3.8) is 0 Å². The summed E-state index contributed by atoms with van der Waals surface area (Å²) in [6.07, 6.45) is 3.50. The van der Waals surface area contributed by atoms with Crippen LogP contribution in [0.15, 0.2) is 28.0 Å². The predicted octanol–water partition coefficient (Wildman–Crippen LogP) is 3.21. The second-order valence-corrected chi connectivity index (χ2v) is 5.70. The first kappa shape index (κ1) is 12.4. The highest BCUT2D eigenvalue weighted by atomic mass is 32.1. The molecule has 2 aromatic rings. The number of hydrogen-bond acceptors (Lipinski definition) is 4. The van der Waals surface area contributed by atoms with Crippen LogP contribution in [0.1, 0.15) is 45.6 Å². The van der Waals surface area contributed by atoms with Gasteiger partial charge in [-0.3, -0.25) is 0 Å². The summed E-state index contributed by atoms with van der Waals surface area (Å²) >= 11 is 1.82. The molecule has 0 aromatic carbocycles. The number of thiophene rings is 1. The van der Waals surface area contributed by atoms with Gasteiger partial charge in [-0.05, 0) is 48.4 Å². The van der Waals surface area contributed by atoms with Crippen LogP contribution in [0.4, 0.5) is 0 Å². The van der Waals surface area contributed by atoms with E-state index in [1.54, 1.807) is 6.07 Å². The lowest BCUT2D eigenvalue weighted by atomic mass is 9.94. The molecule has 1 atom stereocenters. The molecular weight excluding hydrogens is 262 g/mol. The number of rotatable bonds is 4. The third kappa shape index (κ3) is 2.57. The van der Waals surface area contributed by atoms with Gasteiger partial charge in [0.05, 0.1) is 6.54 Å². The first-order valence-corrected chi connectivity index (χ1v) is 7.23. The quantitative estimate of drug-likeness (QED) is 0.900. The highest BCUT2D eigenvalue weighted by molar-refractivity contribution is 7.10. The van der Waals surface area contributed by atoms with Gasteiger partial charge in [-0.1, -0.05) is 0 Å².